The minimum Gasteiger partial charge on any atom is -0.496 e. The maximum atomic E-state index is 11.9. The van der Waals surface area contributed by atoms with Crippen LogP contribution in [-0.2, 0) is 16.0 Å². The highest BCUT2D eigenvalue weighted by Crippen LogP contribution is 2.37. The van der Waals surface area contributed by atoms with Crippen LogP contribution in [-0.4, -0.2) is 19.7 Å². The first-order valence-electron chi connectivity index (χ1n) is 8.93. The minimum absolute atomic E-state index is 0.238. The molecule has 4 nitrogen and oxygen atoms in total. The van der Waals surface area contributed by atoms with E-state index in [9.17, 15) is 10.1 Å². The molecule has 4 heteroatoms. The van der Waals surface area contributed by atoms with E-state index in [0.717, 1.165) is 27.5 Å². The number of nitrogens with zero attached hydrogens (tertiary/aromatic N) is 1. The van der Waals surface area contributed by atoms with Gasteiger partial charge in [-0.25, -0.2) is 0 Å². The van der Waals surface area contributed by atoms with Gasteiger partial charge in [0.15, 0.2) is 0 Å². The Morgan fingerprint density at radius 1 is 1.07 bits per heavy atom. The Hall–Kier alpha value is -3.32. The van der Waals surface area contributed by atoms with E-state index in [1.165, 1.54) is 0 Å². The molecule has 0 N–H and O–H groups in total. The number of esters is 1. The predicted octanol–water partition coefficient (Wildman–Crippen LogP) is 4.88. The van der Waals surface area contributed by atoms with Crippen LogP contribution in [0, 0.1) is 11.3 Å². The third-order valence-electron chi connectivity index (χ3n) is 4.55. The quantitative estimate of drug-likeness (QED) is 0.588. The van der Waals surface area contributed by atoms with Crippen LogP contribution >= 0.6 is 0 Å². The van der Waals surface area contributed by atoms with Crippen LogP contribution in [0.25, 0.3) is 21.9 Å². The van der Waals surface area contributed by atoms with Crippen LogP contribution in [0.4, 0.5) is 0 Å². The lowest BCUT2D eigenvalue weighted by Crippen LogP contribution is -2.07. The summed E-state index contributed by atoms with van der Waals surface area (Å²) in [6.07, 6.45) is 0.688. The minimum atomic E-state index is -0.256. The van der Waals surface area contributed by atoms with Gasteiger partial charge in [-0.2, -0.15) is 5.26 Å². The number of carbonyl (C=O) groups is 1. The standard InChI is InChI=1S/C23H21NO3/c1-3-27-23(25)13-12-18-17-9-5-4-8-16(17)14-20(21(18)15-24)19-10-6-7-11-22(19)26-2/h4-11,14H,3,12-13H2,1-2H3. The molecule has 0 atom stereocenters. The van der Waals surface area contributed by atoms with E-state index in [1.807, 2.05) is 54.6 Å². The lowest BCUT2D eigenvalue weighted by molar-refractivity contribution is -0.143. The number of hydrogen-bond donors (Lipinski definition) is 0. The van der Waals surface area contributed by atoms with Gasteiger partial charge in [0.1, 0.15) is 11.8 Å². The fourth-order valence-corrected chi connectivity index (χ4v) is 3.35. The average Bonchev–Trinajstić information content (AvgIpc) is 2.71. The van der Waals surface area contributed by atoms with Crippen molar-refractivity contribution in [2.75, 3.05) is 13.7 Å². The SMILES string of the molecule is CCOC(=O)CCc1c(C#N)c(-c2ccccc2OC)cc2ccccc12. The summed E-state index contributed by atoms with van der Waals surface area (Å²) in [6.45, 7) is 2.14. The third-order valence-corrected chi connectivity index (χ3v) is 4.55. The summed E-state index contributed by atoms with van der Waals surface area (Å²) in [6, 6.07) is 19.9. The summed E-state index contributed by atoms with van der Waals surface area (Å²) in [4.78, 5) is 11.9. The molecule has 3 aromatic carbocycles. The Kier molecular flexibility index (Phi) is 5.73. The van der Waals surface area contributed by atoms with Gasteiger partial charge in [0.05, 0.1) is 19.3 Å². The number of nitriles is 1. The van der Waals surface area contributed by atoms with Gasteiger partial charge in [-0.15, -0.1) is 0 Å². The largest absolute Gasteiger partial charge is 0.496 e. The first kappa shape index (κ1) is 18.5. The topological polar surface area (TPSA) is 59.3 Å². The number of rotatable bonds is 6. The van der Waals surface area contributed by atoms with E-state index in [2.05, 4.69) is 6.07 Å². The van der Waals surface area contributed by atoms with Crippen LogP contribution in [0.3, 0.4) is 0 Å². The molecule has 27 heavy (non-hydrogen) atoms. The zero-order valence-corrected chi connectivity index (χ0v) is 15.5. The number of para-hydroxylation sites is 1. The van der Waals surface area contributed by atoms with Crippen molar-refractivity contribution in [2.24, 2.45) is 0 Å². The van der Waals surface area contributed by atoms with Crippen molar-refractivity contribution in [3.8, 4) is 22.9 Å². The number of benzene rings is 3. The molecule has 136 valence electrons. The van der Waals surface area contributed by atoms with Crippen molar-refractivity contribution in [2.45, 2.75) is 19.8 Å². The monoisotopic (exact) mass is 359 g/mol. The normalized spacial score (nSPS) is 10.4. The number of fused-ring (bicyclic) bond motifs is 1. The van der Waals surface area contributed by atoms with E-state index in [4.69, 9.17) is 9.47 Å². The summed E-state index contributed by atoms with van der Waals surface area (Å²) in [5, 5.41) is 12.0. The van der Waals surface area contributed by atoms with Crippen molar-refractivity contribution < 1.29 is 14.3 Å². The molecule has 3 aromatic rings. The van der Waals surface area contributed by atoms with Crippen LogP contribution in [0.2, 0.25) is 0 Å². The second-order valence-corrected chi connectivity index (χ2v) is 6.12. The molecule has 0 aliphatic heterocycles. The molecule has 0 unspecified atom stereocenters. The van der Waals surface area contributed by atoms with E-state index in [1.54, 1.807) is 14.0 Å². The molecule has 0 fully saturated rings. The first-order chi connectivity index (χ1) is 13.2. The molecule has 0 aromatic heterocycles. The first-order valence-corrected chi connectivity index (χ1v) is 8.93. The van der Waals surface area contributed by atoms with Crippen LogP contribution in [0.1, 0.15) is 24.5 Å². The van der Waals surface area contributed by atoms with Gasteiger partial charge in [-0.05, 0) is 41.8 Å². The molecule has 0 aliphatic carbocycles. The number of ether oxygens (including phenoxy) is 2. The molecule has 0 amide bonds. The maximum absolute atomic E-state index is 11.9. The molecule has 0 aliphatic rings. The molecule has 0 bridgehead atoms. The lowest BCUT2D eigenvalue weighted by atomic mass is 9.88. The molecular formula is C23H21NO3. The van der Waals surface area contributed by atoms with Gasteiger partial charge in [0.2, 0.25) is 0 Å². The van der Waals surface area contributed by atoms with Crippen LogP contribution in [0.5, 0.6) is 5.75 Å². The highest BCUT2D eigenvalue weighted by atomic mass is 16.5. The smallest absolute Gasteiger partial charge is 0.306 e. The molecule has 0 heterocycles. The summed E-state index contributed by atoms with van der Waals surface area (Å²) >= 11 is 0. The highest BCUT2D eigenvalue weighted by Gasteiger charge is 2.18. The van der Waals surface area contributed by atoms with Gasteiger partial charge in [0, 0.05) is 17.5 Å². The Morgan fingerprint density at radius 3 is 2.56 bits per heavy atom. The Balaban J connectivity index is 2.20. The van der Waals surface area contributed by atoms with Crippen molar-refractivity contribution >= 4 is 16.7 Å². The van der Waals surface area contributed by atoms with Gasteiger partial charge in [-0.1, -0.05) is 42.5 Å². The fraction of sp³-hybridized carbons (Fsp3) is 0.217. The summed E-state index contributed by atoms with van der Waals surface area (Å²) < 4.78 is 10.6. The zero-order chi connectivity index (χ0) is 19.2. The number of methoxy groups -OCH3 is 1. The lowest BCUT2D eigenvalue weighted by Gasteiger charge is -2.16. The molecule has 0 saturated carbocycles. The van der Waals surface area contributed by atoms with Crippen molar-refractivity contribution in [1.82, 2.24) is 0 Å². The molecule has 0 spiro atoms. The molecular weight excluding hydrogens is 338 g/mol. The molecule has 3 rings (SSSR count). The Labute approximate surface area is 159 Å². The van der Waals surface area contributed by atoms with Gasteiger partial charge in [-0.3, -0.25) is 4.79 Å². The predicted molar refractivity (Wildman–Crippen MR) is 106 cm³/mol. The van der Waals surface area contributed by atoms with E-state index in [0.29, 0.717) is 24.3 Å². The number of carbonyl (C=O) groups excluding carboxylic acids is 1. The molecule has 0 saturated heterocycles. The summed E-state index contributed by atoms with van der Waals surface area (Å²) in [7, 11) is 1.62. The highest BCUT2D eigenvalue weighted by molar-refractivity contribution is 5.95. The van der Waals surface area contributed by atoms with Crippen molar-refractivity contribution in [1.29, 1.82) is 5.26 Å². The fourth-order valence-electron chi connectivity index (χ4n) is 3.35. The van der Waals surface area contributed by atoms with E-state index >= 15 is 0 Å². The zero-order valence-electron chi connectivity index (χ0n) is 15.5. The van der Waals surface area contributed by atoms with Gasteiger partial charge >= 0.3 is 5.97 Å². The average molecular weight is 359 g/mol. The Morgan fingerprint density at radius 2 is 1.81 bits per heavy atom. The second kappa shape index (κ2) is 8.37. The van der Waals surface area contributed by atoms with E-state index in [-0.39, 0.29) is 12.4 Å². The van der Waals surface area contributed by atoms with Crippen LogP contribution in [0.15, 0.2) is 54.6 Å². The van der Waals surface area contributed by atoms with Gasteiger partial charge < -0.3 is 9.47 Å². The van der Waals surface area contributed by atoms with Crippen molar-refractivity contribution in [3.05, 3.63) is 65.7 Å². The summed E-state index contributed by atoms with van der Waals surface area (Å²) in [5.41, 5.74) is 3.11. The summed E-state index contributed by atoms with van der Waals surface area (Å²) in [5.74, 6) is 0.453. The Bertz CT molecular complexity index is 1020. The molecule has 0 radical (unpaired) electrons. The number of aryl methyl sites for hydroxylation is 1. The van der Waals surface area contributed by atoms with Crippen LogP contribution < -0.4 is 4.74 Å². The number of hydrogen-bond acceptors (Lipinski definition) is 4. The maximum Gasteiger partial charge on any atom is 0.306 e. The third kappa shape index (κ3) is 3.78. The second-order valence-electron chi connectivity index (χ2n) is 6.12. The van der Waals surface area contributed by atoms with E-state index < -0.39 is 0 Å². The van der Waals surface area contributed by atoms with Crippen molar-refractivity contribution in [3.63, 3.8) is 0 Å². The van der Waals surface area contributed by atoms with Gasteiger partial charge in [0.25, 0.3) is 0 Å².